The summed E-state index contributed by atoms with van der Waals surface area (Å²) in [7, 11) is 0. The van der Waals surface area contributed by atoms with Crippen LogP contribution >= 0.6 is 0 Å². The molecule has 0 bridgehead atoms. The Balaban J connectivity index is 0.901. The predicted molar refractivity (Wildman–Crippen MR) is 459 cm³/mol. The molecule has 526 valence electrons. The minimum absolute atomic E-state index is 0.0245. The third-order valence-corrected chi connectivity index (χ3v) is 25.5. The van der Waals surface area contributed by atoms with Crippen LogP contribution in [0.1, 0.15) is 156 Å². The molecule has 4 heterocycles. The Labute approximate surface area is 633 Å². The number of rotatable bonds is 8. The monoisotopic (exact) mass is 1390 g/mol. The maximum Gasteiger partial charge on any atom is 0.252 e. The molecule has 0 unspecified atom stereocenters. The molecule has 0 saturated carbocycles. The molecule has 2 aromatic heterocycles. The molecule has 19 rings (SSSR count). The van der Waals surface area contributed by atoms with Crippen molar-refractivity contribution < 1.29 is 0 Å². The molecule has 0 amide bonds. The number of benzene rings is 13. The van der Waals surface area contributed by atoms with E-state index in [2.05, 4.69) is 389 Å². The number of para-hydroxylation sites is 2. The molecule has 107 heavy (non-hydrogen) atoms. The first kappa shape index (κ1) is 66.8. The molecule has 4 nitrogen and oxygen atoms in total. The largest absolute Gasteiger partial charge is 0.311 e. The van der Waals surface area contributed by atoms with Crippen LogP contribution in [0, 0.1) is 0 Å². The average Bonchev–Trinajstić information content (AvgIpc) is 1.21. The van der Waals surface area contributed by atoms with Gasteiger partial charge in [0.15, 0.2) is 0 Å². The minimum atomic E-state index is -0.189. The molecule has 5 heteroatoms. The van der Waals surface area contributed by atoms with E-state index in [-0.39, 0.29) is 39.2 Å². The summed E-state index contributed by atoms with van der Waals surface area (Å²) >= 11 is 0. The zero-order valence-corrected chi connectivity index (χ0v) is 64.7. The van der Waals surface area contributed by atoms with Crippen molar-refractivity contribution in [3.8, 4) is 55.9 Å². The van der Waals surface area contributed by atoms with E-state index in [1.807, 2.05) is 0 Å². The van der Waals surface area contributed by atoms with E-state index in [0.29, 0.717) is 0 Å². The fourth-order valence-corrected chi connectivity index (χ4v) is 19.3. The molecule has 0 radical (unpaired) electrons. The van der Waals surface area contributed by atoms with Crippen molar-refractivity contribution >= 4 is 101 Å². The van der Waals surface area contributed by atoms with Crippen LogP contribution in [0.2, 0.25) is 0 Å². The van der Waals surface area contributed by atoms with Gasteiger partial charge in [0.05, 0.1) is 27.8 Å². The predicted octanol–water partition coefficient (Wildman–Crippen LogP) is 25.9. The van der Waals surface area contributed by atoms with E-state index < -0.39 is 0 Å². The third kappa shape index (κ3) is 10.7. The molecular formula is C102H95BN4. The molecule has 0 spiro atoms. The van der Waals surface area contributed by atoms with Crippen molar-refractivity contribution in [1.29, 1.82) is 0 Å². The van der Waals surface area contributed by atoms with Crippen molar-refractivity contribution in [2.75, 3.05) is 9.80 Å². The van der Waals surface area contributed by atoms with Gasteiger partial charge in [-0.1, -0.05) is 279 Å². The van der Waals surface area contributed by atoms with Crippen molar-refractivity contribution in [2.24, 2.45) is 0 Å². The van der Waals surface area contributed by atoms with E-state index in [0.717, 1.165) is 57.3 Å². The Kier molecular flexibility index (Phi) is 14.9. The minimum Gasteiger partial charge on any atom is -0.311 e. The molecule has 0 fully saturated rings. The van der Waals surface area contributed by atoms with Gasteiger partial charge in [0.25, 0.3) is 6.71 Å². The van der Waals surface area contributed by atoms with Crippen LogP contribution in [0.5, 0.6) is 0 Å². The quantitative estimate of drug-likeness (QED) is 0.141. The lowest BCUT2D eigenvalue weighted by Gasteiger charge is -2.45. The Morgan fingerprint density at radius 3 is 1.28 bits per heavy atom. The second kappa shape index (κ2) is 23.8. The fraction of sp³-hybridized carbons (Fsp3) is 0.235. The standard InChI is InChI=1S/C102H95BN4/c1-97(2,3)71-40-51-91-80(60-71)78-28-20-22-30-88(78)106(91)74-45-48-86-93(61-74)105(73-43-34-66(35-44-73)69-37-47-83-85(58-69)102(13,14)55-53-100(83,9)10)95-63-75(107-89-31-23-19-27-77(89)79-56-67(38-49-90(79)107)64-24-16-15-17-25-64)62-94-96(95)103(86)87-59-70(76-26-18-21-29-81(76)98(4,5)6)39-50-92(87)104(94)72-41-32-65(33-42-72)68-36-46-82-84(57-68)101(11,12)54-52-99(82,7)8/h15-51,56-63H,52-55H2,1-14H3. The summed E-state index contributed by atoms with van der Waals surface area (Å²) in [6.45, 7) is 33.3. The smallest absolute Gasteiger partial charge is 0.252 e. The Hall–Kier alpha value is -10.9. The number of fused-ring (bicyclic) bond motifs is 12. The zero-order chi connectivity index (χ0) is 73.6. The van der Waals surface area contributed by atoms with Gasteiger partial charge in [-0.05, 0) is 243 Å². The van der Waals surface area contributed by atoms with Crippen LogP contribution in [-0.4, -0.2) is 15.8 Å². The van der Waals surface area contributed by atoms with E-state index in [4.69, 9.17) is 0 Å². The molecular weight excluding hydrogens is 1290 g/mol. The van der Waals surface area contributed by atoms with E-state index in [1.165, 1.54) is 152 Å². The van der Waals surface area contributed by atoms with Crippen molar-refractivity contribution in [1.82, 2.24) is 9.13 Å². The number of nitrogens with zero attached hydrogens (tertiary/aromatic N) is 4. The lowest BCUT2D eigenvalue weighted by atomic mass is 9.33. The van der Waals surface area contributed by atoms with Crippen LogP contribution in [-0.2, 0) is 32.5 Å². The maximum atomic E-state index is 2.65. The molecule has 2 aliphatic carbocycles. The van der Waals surface area contributed by atoms with Crippen LogP contribution in [0.25, 0.3) is 99.5 Å². The summed E-state index contributed by atoms with van der Waals surface area (Å²) in [5, 5.41) is 4.96. The summed E-state index contributed by atoms with van der Waals surface area (Å²) in [4.78, 5) is 5.28. The van der Waals surface area contributed by atoms with Gasteiger partial charge in [-0.3, -0.25) is 0 Å². The summed E-state index contributed by atoms with van der Waals surface area (Å²) < 4.78 is 5.09. The summed E-state index contributed by atoms with van der Waals surface area (Å²) in [6.07, 6.45) is 4.70. The highest BCUT2D eigenvalue weighted by Gasteiger charge is 2.46. The van der Waals surface area contributed by atoms with Crippen LogP contribution in [0.15, 0.2) is 273 Å². The highest BCUT2D eigenvalue weighted by molar-refractivity contribution is 7.00. The lowest BCUT2D eigenvalue weighted by Crippen LogP contribution is -2.61. The SMILES string of the molecule is CC(C)(C)c1ccc2c(c1)c1ccccc1n2-c1ccc2c(c1)N(c1ccc(-c3ccc4c(c3)C(C)(C)CCC4(C)C)cc1)c1cc(-n3c4ccccc4c4cc(-c5ccccc5)ccc43)cc3c1B2c1cc(-c2ccccc2C(C)(C)C)ccc1N3c1ccc(-c2ccc3c(c2)C(C)(C)CCC3(C)C)cc1. The van der Waals surface area contributed by atoms with Gasteiger partial charge >= 0.3 is 0 Å². The topological polar surface area (TPSA) is 16.3 Å². The van der Waals surface area contributed by atoms with Crippen LogP contribution in [0.3, 0.4) is 0 Å². The first-order valence-corrected chi connectivity index (χ1v) is 39.1. The average molecular weight is 1390 g/mol. The van der Waals surface area contributed by atoms with Gasteiger partial charge < -0.3 is 18.9 Å². The van der Waals surface area contributed by atoms with Crippen molar-refractivity contribution in [3.63, 3.8) is 0 Å². The summed E-state index contributed by atoms with van der Waals surface area (Å²) in [5.41, 5.74) is 36.2. The summed E-state index contributed by atoms with van der Waals surface area (Å²) in [6, 6.07) is 106. The lowest BCUT2D eigenvalue weighted by molar-refractivity contribution is 0.332. The normalized spacial score (nSPS) is 16.0. The number of hydrogen-bond acceptors (Lipinski definition) is 2. The van der Waals surface area contributed by atoms with Crippen LogP contribution < -0.4 is 26.2 Å². The Morgan fingerprint density at radius 2 is 0.710 bits per heavy atom. The first-order chi connectivity index (χ1) is 51.3. The van der Waals surface area contributed by atoms with E-state index >= 15 is 0 Å². The van der Waals surface area contributed by atoms with Gasteiger partial charge in [-0.15, -0.1) is 0 Å². The zero-order valence-electron chi connectivity index (χ0n) is 64.7. The maximum absolute atomic E-state index is 2.65. The Bertz CT molecular complexity index is 6160. The first-order valence-electron chi connectivity index (χ1n) is 39.1. The van der Waals surface area contributed by atoms with Crippen molar-refractivity contribution in [2.45, 2.75) is 155 Å². The van der Waals surface area contributed by atoms with Gasteiger partial charge in [0.1, 0.15) is 0 Å². The number of anilines is 6. The van der Waals surface area contributed by atoms with Gasteiger partial charge in [-0.2, -0.15) is 0 Å². The molecule has 4 aliphatic rings. The molecule has 0 atom stereocenters. The van der Waals surface area contributed by atoms with Gasteiger partial charge in [0, 0.05) is 61.4 Å². The van der Waals surface area contributed by atoms with E-state index in [1.54, 1.807) is 0 Å². The second-order valence-corrected chi connectivity index (χ2v) is 36.2. The molecule has 0 N–H and O–H groups in total. The number of aromatic nitrogens is 2. The van der Waals surface area contributed by atoms with Gasteiger partial charge in [-0.25, -0.2) is 0 Å². The molecule has 0 saturated heterocycles. The second-order valence-electron chi connectivity index (χ2n) is 36.2. The highest BCUT2D eigenvalue weighted by Crippen LogP contribution is 2.53. The van der Waals surface area contributed by atoms with Crippen LogP contribution in [0.4, 0.5) is 34.1 Å². The Morgan fingerprint density at radius 1 is 0.280 bits per heavy atom. The fourth-order valence-electron chi connectivity index (χ4n) is 19.3. The molecule has 13 aromatic carbocycles. The molecule has 2 aliphatic heterocycles. The van der Waals surface area contributed by atoms with E-state index in [9.17, 15) is 0 Å². The van der Waals surface area contributed by atoms with Crippen molar-refractivity contribution in [3.05, 3.63) is 306 Å². The number of hydrogen-bond donors (Lipinski definition) is 0. The van der Waals surface area contributed by atoms with Gasteiger partial charge in [0.2, 0.25) is 0 Å². The molecule has 15 aromatic rings. The highest BCUT2D eigenvalue weighted by atomic mass is 15.2. The summed E-state index contributed by atoms with van der Waals surface area (Å²) in [5.74, 6) is 0. The third-order valence-electron chi connectivity index (χ3n) is 25.5.